The molecule has 3 nitrogen and oxygen atoms in total. The molecule has 0 unspecified atom stereocenters. The van der Waals surface area contributed by atoms with Gasteiger partial charge in [-0.05, 0) is 6.07 Å². The third kappa shape index (κ3) is 1.40. The van der Waals surface area contributed by atoms with E-state index in [1.165, 1.54) is 18.5 Å². The highest BCUT2D eigenvalue weighted by Gasteiger charge is 1.91. The van der Waals surface area contributed by atoms with Gasteiger partial charge in [-0.15, -0.1) is 0 Å². The molecule has 0 atom stereocenters. The van der Waals surface area contributed by atoms with Crippen molar-refractivity contribution in [3.8, 4) is 5.75 Å². The predicted octanol–water partition coefficient (Wildman–Crippen LogP) is 0.718. The fourth-order valence-corrected chi connectivity index (χ4v) is 0.553. The summed E-state index contributed by atoms with van der Waals surface area (Å²) in [5.74, 6) is 0.0448. The Morgan fingerprint density at radius 1 is 1.56 bits per heavy atom. The fraction of sp³-hybridized carbons (Fsp3) is 0.167. The van der Waals surface area contributed by atoms with Crippen molar-refractivity contribution in [3.63, 3.8) is 0 Å². The van der Waals surface area contributed by atoms with Crippen LogP contribution in [0.3, 0.4) is 0 Å². The van der Waals surface area contributed by atoms with Crippen LogP contribution in [0.1, 0.15) is 5.56 Å². The maximum absolute atomic E-state index is 10.1. The summed E-state index contributed by atoms with van der Waals surface area (Å²) < 4.78 is 0. The maximum Gasteiger partial charge on any atom is 0.134 e. The third-order valence-corrected chi connectivity index (χ3v) is 0.947. The summed E-state index contributed by atoms with van der Waals surface area (Å²) in [7, 11) is 0. The van der Waals surface area contributed by atoms with Crippen molar-refractivity contribution in [2.24, 2.45) is 0 Å². The average Bonchev–Trinajstić information content (AvgIpc) is 1.88. The van der Waals surface area contributed by atoms with Gasteiger partial charge in [0.05, 0.1) is 6.20 Å². The first-order valence-electron chi connectivity index (χ1n) is 2.54. The molecule has 1 aromatic heterocycles. The van der Waals surface area contributed by atoms with Crippen molar-refractivity contribution < 1.29 is 10.2 Å². The molecule has 0 amide bonds. The third-order valence-electron chi connectivity index (χ3n) is 0.947. The Hall–Kier alpha value is -1.09. The summed E-state index contributed by atoms with van der Waals surface area (Å²) in [6, 6.07) is 1.40. The van der Waals surface area contributed by atoms with Crippen LogP contribution in [0.2, 0.25) is 0 Å². The molecule has 1 heterocycles. The second-order valence-electron chi connectivity index (χ2n) is 1.70. The molecular formula is C6H6NO2. The predicted molar refractivity (Wildman–Crippen MR) is 30.3 cm³/mol. The fourth-order valence-electron chi connectivity index (χ4n) is 0.553. The minimum Gasteiger partial charge on any atom is -0.506 e. The second kappa shape index (κ2) is 2.46. The number of aromatic hydroxyl groups is 1. The highest BCUT2D eigenvalue weighted by atomic mass is 16.3. The molecule has 0 spiro atoms. The Balaban J connectivity index is 2.94. The van der Waals surface area contributed by atoms with Crippen LogP contribution in [0.4, 0.5) is 0 Å². The molecule has 0 aromatic carbocycles. The Bertz CT molecular complexity index is 200. The molecule has 0 saturated carbocycles. The van der Waals surface area contributed by atoms with Crippen LogP contribution < -0.4 is 0 Å². The molecule has 0 aliphatic carbocycles. The molecule has 3 heteroatoms. The number of nitrogens with zero attached hydrogens (tertiary/aromatic N) is 1. The SMILES string of the molecule is [O]Cc1cncc(O)c1. The van der Waals surface area contributed by atoms with Gasteiger partial charge in [-0.25, -0.2) is 5.11 Å². The van der Waals surface area contributed by atoms with Crippen molar-refractivity contribution in [1.29, 1.82) is 0 Å². The summed E-state index contributed by atoms with van der Waals surface area (Å²) in [5.41, 5.74) is 0.509. The molecule has 0 bridgehead atoms. The zero-order valence-corrected chi connectivity index (χ0v) is 4.74. The van der Waals surface area contributed by atoms with Crippen molar-refractivity contribution in [1.82, 2.24) is 4.98 Å². The van der Waals surface area contributed by atoms with Crippen molar-refractivity contribution >= 4 is 0 Å². The zero-order chi connectivity index (χ0) is 6.69. The molecule has 0 aliphatic rings. The van der Waals surface area contributed by atoms with Crippen LogP contribution in [-0.4, -0.2) is 10.1 Å². The van der Waals surface area contributed by atoms with Gasteiger partial charge in [-0.3, -0.25) is 4.98 Å². The Kier molecular flexibility index (Phi) is 1.65. The summed E-state index contributed by atoms with van der Waals surface area (Å²) >= 11 is 0. The van der Waals surface area contributed by atoms with Gasteiger partial charge in [0.1, 0.15) is 12.4 Å². The van der Waals surface area contributed by atoms with E-state index in [0.717, 1.165) is 0 Å². The molecule has 1 radical (unpaired) electrons. The second-order valence-corrected chi connectivity index (χ2v) is 1.70. The lowest BCUT2D eigenvalue weighted by Gasteiger charge is -1.91. The molecule has 1 rings (SSSR count). The van der Waals surface area contributed by atoms with E-state index in [0.29, 0.717) is 5.56 Å². The number of hydrogen-bond acceptors (Lipinski definition) is 2. The lowest BCUT2D eigenvalue weighted by atomic mass is 10.3. The Morgan fingerprint density at radius 3 is 2.78 bits per heavy atom. The van der Waals surface area contributed by atoms with Crippen LogP contribution >= 0.6 is 0 Å². The molecular weight excluding hydrogens is 118 g/mol. The summed E-state index contributed by atoms with van der Waals surface area (Å²) in [6.45, 7) is -0.332. The highest BCUT2D eigenvalue weighted by molar-refractivity contribution is 5.20. The van der Waals surface area contributed by atoms with E-state index in [2.05, 4.69) is 4.98 Å². The Labute approximate surface area is 52.6 Å². The van der Waals surface area contributed by atoms with E-state index in [1.54, 1.807) is 0 Å². The van der Waals surface area contributed by atoms with Gasteiger partial charge in [0.15, 0.2) is 0 Å². The van der Waals surface area contributed by atoms with Crippen LogP contribution in [-0.2, 0) is 11.7 Å². The van der Waals surface area contributed by atoms with Gasteiger partial charge < -0.3 is 5.11 Å². The molecule has 1 aromatic rings. The summed E-state index contributed by atoms with van der Waals surface area (Å²) in [4.78, 5) is 3.61. The quantitative estimate of drug-likeness (QED) is 0.599. The average molecular weight is 124 g/mol. The molecule has 0 saturated heterocycles. The number of hydrogen-bond donors (Lipinski definition) is 1. The number of aromatic nitrogens is 1. The van der Waals surface area contributed by atoms with E-state index < -0.39 is 0 Å². The van der Waals surface area contributed by atoms with Crippen molar-refractivity contribution in [2.75, 3.05) is 0 Å². The van der Waals surface area contributed by atoms with Crippen LogP contribution in [0.25, 0.3) is 0 Å². The van der Waals surface area contributed by atoms with Crippen molar-refractivity contribution in [3.05, 3.63) is 24.0 Å². The first kappa shape index (κ1) is 6.04. The summed E-state index contributed by atoms with van der Waals surface area (Å²) in [6.07, 6.45) is 2.73. The zero-order valence-electron chi connectivity index (χ0n) is 4.74. The minimum atomic E-state index is -0.332. The smallest absolute Gasteiger partial charge is 0.134 e. The van der Waals surface area contributed by atoms with Crippen LogP contribution in [0.15, 0.2) is 18.5 Å². The van der Waals surface area contributed by atoms with E-state index >= 15 is 0 Å². The topological polar surface area (TPSA) is 53.0 Å². The van der Waals surface area contributed by atoms with Gasteiger partial charge in [-0.1, -0.05) is 0 Å². The lowest BCUT2D eigenvalue weighted by molar-refractivity contribution is 0.177. The lowest BCUT2D eigenvalue weighted by Crippen LogP contribution is -1.81. The van der Waals surface area contributed by atoms with Crippen molar-refractivity contribution in [2.45, 2.75) is 6.61 Å². The minimum absolute atomic E-state index is 0.0448. The van der Waals surface area contributed by atoms with E-state index in [-0.39, 0.29) is 12.4 Å². The van der Waals surface area contributed by atoms with Gasteiger partial charge in [0.25, 0.3) is 0 Å². The first-order valence-corrected chi connectivity index (χ1v) is 2.54. The monoisotopic (exact) mass is 124 g/mol. The largest absolute Gasteiger partial charge is 0.506 e. The number of pyridine rings is 1. The normalized spacial score (nSPS) is 9.44. The van der Waals surface area contributed by atoms with Crippen LogP contribution in [0, 0.1) is 0 Å². The van der Waals surface area contributed by atoms with Gasteiger partial charge >= 0.3 is 0 Å². The van der Waals surface area contributed by atoms with E-state index in [1.807, 2.05) is 0 Å². The van der Waals surface area contributed by atoms with Gasteiger partial charge in [0.2, 0.25) is 0 Å². The number of rotatable bonds is 1. The molecule has 9 heavy (non-hydrogen) atoms. The Morgan fingerprint density at radius 2 is 2.33 bits per heavy atom. The first-order chi connectivity index (χ1) is 4.33. The van der Waals surface area contributed by atoms with Crippen LogP contribution in [0.5, 0.6) is 5.75 Å². The molecule has 1 N–H and O–H groups in total. The molecule has 47 valence electrons. The molecule has 0 fully saturated rings. The van der Waals surface area contributed by atoms with Gasteiger partial charge in [-0.2, -0.15) is 0 Å². The van der Waals surface area contributed by atoms with Gasteiger partial charge in [0, 0.05) is 11.8 Å². The highest BCUT2D eigenvalue weighted by Crippen LogP contribution is 2.07. The molecule has 0 aliphatic heterocycles. The summed E-state index contributed by atoms with van der Waals surface area (Å²) in [5, 5.41) is 18.9. The van der Waals surface area contributed by atoms with E-state index in [4.69, 9.17) is 5.11 Å². The standard InChI is InChI=1S/C6H6NO2/c8-4-5-1-6(9)3-7-2-5/h1-3,9H,4H2. The van der Waals surface area contributed by atoms with E-state index in [9.17, 15) is 5.11 Å². The maximum atomic E-state index is 10.1.